The number of benzene rings is 2. The molecule has 1 aliphatic rings. The van der Waals surface area contributed by atoms with Crippen molar-refractivity contribution in [3.05, 3.63) is 58.6 Å². The van der Waals surface area contributed by atoms with Crippen molar-refractivity contribution in [3.8, 4) is 5.75 Å². The predicted molar refractivity (Wildman–Crippen MR) is 96.7 cm³/mol. The lowest BCUT2D eigenvalue weighted by molar-refractivity contribution is -0.159. The zero-order valence-corrected chi connectivity index (χ0v) is 14.7. The summed E-state index contributed by atoms with van der Waals surface area (Å²) in [6.45, 7) is -1.26. The molecule has 0 spiro atoms. The van der Waals surface area contributed by atoms with Gasteiger partial charge in [0.2, 0.25) is 0 Å². The van der Waals surface area contributed by atoms with Gasteiger partial charge in [-0.15, -0.1) is 11.8 Å². The van der Waals surface area contributed by atoms with Crippen molar-refractivity contribution < 1.29 is 18.4 Å². The number of rotatable bonds is 4. The summed E-state index contributed by atoms with van der Waals surface area (Å²) in [5.41, 5.74) is -0.458. The summed E-state index contributed by atoms with van der Waals surface area (Å²) in [4.78, 5) is 12.5. The van der Waals surface area contributed by atoms with E-state index in [4.69, 9.17) is 25.2 Å². The van der Waals surface area contributed by atoms with Crippen LogP contribution in [0.4, 0.5) is 0 Å². The van der Waals surface area contributed by atoms with Crippen molar-refractivity contribution in [1.82, 2.24) is 0 Å². The number of fused-ring (bicyclic) bond motifs is 1. The van der Waals surface area contributed by atoms with Gasteiger partial charge >= 0.3 is 5.97 Å². The molecule has 0 fully saturated rings. The topological polar surface area (TPSA) is 35.5 Å². The average molecular weight is 366 g/mol. The Morgan fingerprint density at radius 1 is 1.38 bits per heavy atom. The van der Waals surface area contributed by atoms with Gasteiger partial charge in [-0.25, -0.2) is 0 Å². The minimum absolute atomic E-state index is 0.0165. The van der Waals surface area contributed by atoms with E-state index in [1.54, 1.807) is 12.1 Å². The summed E-state index contributed by atoms with van der Waals surface area (Å²) < 4.78 is 35.3. The van der Waals surface area contributed by atoms with Crippen molar-refractivity contribution in [2.45, 2.75) is 36.4 Å². The van der Waals surface area contributed by atoms with Gasteiger partial charge in [-0.3, -0.25) is 4.79 Å². The molecule has 0 saturated carbocycles. The van der Waals surface area contributed by atoms with Crippen molar-refractivity contribution in [3.63, 3.8) is 0 Å². The molecule has 3 rings (SSSR count). The lowest BCUT2D eigenvalue weighted by atomic mass is 9.89. The smallest absolute Gasteiger partial charge is 0.303 e. The standard InChI is InChI=1S/C19H19ClO3S/c1-13(21)23-19(2)10-11-22-18-16(9-8-15(20)17(18)19)24-12-14-6-4-3-5-7-14/h3-9H,10-12H2,1-2H3/i2D3. The van der Waals surface area contributed by atoms with E-state index in [1.807, 2.05) is 30.3 Å². The molecule has 0 bridgehead atoms. The first kappa shape index (κ1) is 13.6. The quantitative estimate of drug-likeness (QED) is 0.551. The number of hydrogen-bond acceptors (Lipinski definition) is 4. The maximum Gasteiger partial charge on any atom is 0.303 e. The summed E-state index contributed by atoms with van der Waals surface area (Å²) in [5.74, 6) is 0.400. The first-order valence-electron chi connectivity index (χ1n) is 9.07. The molecule has 0 radical (unpaired) electrons. The van der Waals surface area contributed by atoms with Gasteiger partial charge in [0, 0.05) is 23.2 Å². The summed E-state index contributed by atoms with van der Waals surface area (Å²) in [5, 5.41) is 0.214. The Bertz CT molecular complexity index is 842. The zero-order chi connectivity index (χ0) is 19.7. The molecule has 2 aromatic rings. The number of ether oxygens (including phenoxy) is 2. The Labute approximate surface area is 155 Å². The second kappa shape index (κ2) is 7.08. The van der Waals surface area contributed by atoms with Crippen LogP contribution in [-0.2, 0) is 20.9 Å². The fourth-order valence-corrected chi connectivity index (χ4v) is 3.95. The first-order valence-corrected chi connectivity index (χ1v) is 8.93. The Balaban J connectivity index is 2.05. The van der Waals surface area contributed by atoms with E-state index in [2.05, 4.69) is 0 Å². The van der Waals surface area contributed by atoms with E-state index >= 15 is 0 Å². The van der Waals surface area contributed by atoms with E-state index in [1.165, 1.54) is 18.7 Å². The average Bonchev–Trinajstić information content (AvgIpc) is 2.60. The van der Waals surface area contributed by atoms with Crippen LogP contribution in [0.5, 0.6) is 5.75 Å². The molecule has 5 heteroatoms. The highest BCUT2D eigenvalue weighted by Crippen LogP contribution is 2.48. The van der Waals surface area contributed by atoms with Crippen molar-refractivity contribution in [2.75, 3.05) is 6.61 Å². The molecule has 0 saturated heterocycles. The fraction of sp³-hybridized carbons (Fsp3) is 0.316. The number of halogens is 1. The molecule has 1 aliphatic heterocycles. The van der Waals surface area contributed by atoms with E-state index in [0.717, 1.165) is 10.5 Å². The Hall–Kier alpha value is -1.65. The molecule has 0 aliphatic carbocycles. The van der Waals surface area contributed by atoms with Gasteiger partial charge in [-0.1, -0.05) is 41.9 Å². The third-order valence-corrected chi connectivity index (χ3v) is 5.16. The van der Waals surface area contributed by atoms with Gasteiger partial charge in [0.25, 0.3) is 0 Å². The number of hydrogen-bond donors (Lipinski definition) is 0. The summed E-state index contributed by atoms with van der Waals surface area (Å²) in [6, 6.07) is 13.3. The molecule has 1 heterocycles. The highest BCUT2D eigenvalue weighted by atomic mass is 35.5. The number of thioether (sulfide) groups is 1. The van der Waals surface area contributed by atoms with Gasteiger partial charge in [-0.2, -0.15) is 0 Å². The van der Waals surface area contributed by atoms with Crippen molar-refractivity contribution in [2.24, 2.45) is 0 Å². The van der Waals surface area contributed by atoms with Crippen LogP contribution in [-0.4, -0.2) is 12.6 Å². The first-order chi connectivity index (χ1) is 12.7. The van der Waals surface area contributed by atoms with Gasteiger partial charge in [0.05, 0.1) is 22.1 Å². The molecule has 1 unspecified atom stereocenters. The molecule has 3 nitrogen and oxygen atoms in total. The minimum Gasteiger partial charge on any atom is -0.492 e. The lowest BCUT2D eigenvalue weighted by Gasteiger charge is -2.36. The van der Waals surface area contributed by atoms with Crippen LogP contribution in [0, 0.1) is 0 Å². The molecular weight excluding hydrogens is 344 g/mol. The molecule has 0 aromatic heterocycles. The van der Waals surface area contributed by atoms with Crippen LogP contribution in [0.25, 0.3) is 0 Å². The SMILES string of the molecule is [2H]C([2H])([2H])C1(OC(C)=O)CCOc2c(SCc3ccccc3)ccc(Cl)c21. The predicted octanol–water partition coefficient (Wildman–Crippen LogP) is 5.19. The van der Waals surface area contributed by atoms with Crippen LogP contribution >= 0.6 is 23.4 Å². The van der Waals surface area contributed by atoms with E-state index < -0.39 is 18.4 Å². The lowest BCUT2D eigenvalue weighted by Crippen LogP contribution is -2.34. The molecular formula is C19H19ClO3S. The molecule has 0 amide bonds. The second-order valence-corrected chi connectivity index (χ2v) is 6.97. The van der Waals surface area contributed by atoms with Crippen LogP contribution < -0.4 is 4.74 Å². The van der Waals surface area contributed by atoms with Crippen molar-refractivity contribution >= 4 is 29.3 Å². The van der Waals surface area contributed by atoms with Gasteiger partial charge in [0.1, 0.15) is 11.4 Å². The fourth-order valence-electron chi connectivity index (χ4n) is 2.68. The number of carbonyl (C=O) groups is 1. The van der Waals surface area contributed by atoms with Gasteiger partial charge < -0.3 is 9.47 Å². The Morgan fingerprint density at radius 3 is 2.88 bits per heavy atom. The summed E-state index contributed by atoms with van der Waals surface area (Å²) in [6.07, 6.45) is 0.0165. The van der Waals surface area contributed by atoms with E-state index in [9.17, 15) is 4.79 Å². The highest BCUT2D eigenvalue weighted by Gasteiger charge is 2.39. The van der Waals surface area contributed by atoms with Crippen molar-refractivity contribution in [1.29, 1.82) is 0 Å². The van der Waals surface area contributed by atoms with Gasteiger partial charge in [-0.05, 0) is 24.5 Å². The largest absolute Gasteiger partial charge is 0.492 e. The Kier molecular flexibility index (Phi) is 4.02. The second-order valence-electron chi connectivity index (χ2n) is 5.54. The summed E-state index contributed by atoms with van der Waals surface area (Å²) in [7, 11) is 0. The molecule has 126 valence electrons. The molecule has 24 heavy (non-hydrogen) atoms. The molecule has 1 atom stereocenters. The molecule has 2 aromatic carbocycles. The zero-order valence-electron chi connectivity index (χ0n) is 16.2. The van der Waals surface area contributed by atoms with Crippen LogP contribution in [0.15, 0.2) is 47.4 Å². The maximum absolute atomic E-state index is 11.7. The van der Waals surface area contributed by atoms with Crippen LogP contribution in [0.3, 0.4) is 0 Å². The third kappa shape index (κ3) is 3.55. The minimum atomic E-state index is -2.58. The van der Waals surface area contributed by atoms with Crippen LogP contribution in [0.2, 0.25) is 5.02 Å². The normalized spacial score (nSPS) is 21.7. The third-order valence-electron chi connectivity index (χ3n) is 3.73. The van der Waals surface area contributed by atoms with E-state index in [-0.39, 0.29) is 23.6 Å². The number of carbonyl (C=O) groups excluding carboxylic acids is 1. The van der Waals surface area contributed by atoms with E-state index in [0.29, 0.717) is 11.5 Å². The number of esters is 1. The maximum atomic E-state index is 11.7. The monoisotopic (exact) mass is 365 g/mol. The van der Waals surface area contributed by atoms with Gasteiger partial charge in [0.15, 0.2) is 0 Å². The highest BCUT2D eigenvalue weighted by molar-refractivity contribution is 7.98. The summed E-state index contributed by atoms with van der Waals surface area (Å²) >= 11 is 7.89. The molecule has 0 N–H and O–H groups in total. The Morgan fingerprint density at radius 2 is 2.17 bits per heavy atom. The van der Waals surface area contributed by atoms with Crippen LogP contribution in [0.1, 0.15) is 35.4 Å².